The lowest BCUT2D eigenvalue weighted by Crippen LogP contribution is -2.52. The van der Waals surface area contributed by atoms with E-state index < -0.39 is 28.9 Å². The Balaban J connectivity index is 2.36. The van der Waals surface area contributed by atoms with Crippen molar-refractivity contribution in [2.75, 3.05) is 25.5 Å². The molecule has 8 nitrogen and oxygen atoms in total. The van der Waals surface area contributed by atoms with Crippen LogP contribution in [-0.2, 0) is 28.7 Å². The molecule has 1 aliphatic rings. The number of rotatable bonds is 12. The Kier molecular flexibility index (Phi) is 9.70. The van der Waals surface area contributed by atoms with Crippen molar-refractivity contribution in [3.8, 4) is 0 Å². The van der Waals surface area contributed by atoms with Crippen LogP contribution in [0.3, 0.4) is 0 Å². The fourth-order valence-electron chi connectivity index (χ4n) is 2.16. The van der Waals surface area contributed by atoms with Crippen molar-refractivity contribution in [3.05, 3.63) is 12.2 Å². The minimum atomic E-state index is -0.673. The highest BCUT2D eigenvalue weighted by atomic mass is 33.1. The van der Waals surface area contributed by atoms with Gasteiger partial charge in [0.25, 0.3) is 11.8 Å². The largest absolute Gasteiger partial charge is 0.465 e. The highest BCUT2D eigenvalue weighted by Crippen LogP contribution is 2.31. The third-order valence-corrected chi connectivity index (χ3v) is 6.83. The summed E-state index contributed by atoms with van der Waals surface area (Å²) in [4.78, 5) is 47.0. The van der Waals surface area contributed by atoms with Crippen LogP contribution in [0, 0.1) is 0 Å². The van der Waals surface area contributed by atoms with Gasteiger partial charge in [-0.3, -0.25) is 24.1 Å². The Labute approximate surface area is 179 Å². The van der Waals surface area contributed by atoms with Crippen molar-refractivity contribution in [2.24, 2.45) is 0 Å². The third-order valence-electron chi connectivity index (χ3n) is 3.66. The van der Waals surface area contributed by atoms with Crippen LogP contribution in [0.25, 0.3) is 0 Å². The first-order valence-corrected chi connectivity index (χ1v) is 11.6. The summed E-state index contributed by atoms with van der Waals surface area (Å²) in [6.07, 6.45) is 2.30. The molecule has 0 spiro atoms. The second kappa shape index (κ2) is 11.0. The Morgan fingerprint density at radius 3 is 2.31 bits per heavy atom. The highest BCUT2D eigenvalue weighted by molar-refractivity contribution is 8.77. The molecule has 0 aromatic rings. The highest BCUT2D eigenvalue weighted by Gasteiger charge is 2.30. The van der Waals surface area contributed by atoms with E-state index in [0.717, 1.165) is 17.1 Å². The first kappa shape index (κ1) is 25.5. The SMILES string of the molecule is CC(=O)OCC(C)SSCC(C)(C)OCC(C)(C)NC(=O)CN1C(=O)C=CC1=O. The lowest BCUT2D eigenvalue weighted by molar-refractivity contribution is -0.142. The van der Waals surface area contributed by atoms with Crippen LogP contribution in [0.5, 0.6) is 0 Å². The average Bonchev–Trinajstić information content (AvgIpc) is 2.90. The number of nitrogens with one attached hydrogen (secondary N) is 1. The molecule has 29 heavy (non-hydrogen) atoms. The molecule has 3 amide bonds. The van der Waals surface area contributed by atoms with Crippen molar-refractivity contribution < 1.29 is 28.7 Å². The summed E-state index contributed by atoms with van der Waals surface area (Å²) in [5, 5.41) is 2.97. The molecular weight excluding hydrogens is 416 g/mol. The van der Waals surface area contributed by atoms with Gasteiger partial charge in [0.1, 0.15) is 13.2 Å². The van der Waals surface area contributed by atoms with E-state index in [-0.39, 0.29) is 24.4 Å². The molecule has 164 valence electrons. The van der Waals surface area contributed by atoms with E-state index in [9.17, 15) is 19.2 Å². The van der Waals surface area contributed by atoms with Crippen LogP contribution in [0.4, 0.5) is 0 Å². The molecule has 0 saturated carbocycles. The molecule has 0 fully saturated rings. The number of hydrogen-bond donors (Lipinski definition) is 1. The zero-order valence-corrected chi connectivity index (χ0v) is 19.4. The number of imide groups is 1. The van der Waals surface area contributed by atoms with Gasteiger partial charge in [-0.2, -0.15) is 0 Å². The molecule has 10 heteroatoms. The average molecular weight is 447 g/mol. The van der Waals surface area contributed by atoms with E-state index in [2.05, 4.69) is 5.32 Å². The molecule has 1 unspecified atom stereocenters. The fourth-order valence-corrected chi connectivity index (χ4v) is 4.87. The molecular formula is C19H30N2O6S2. The molecule has 0 radical (unpaired) electrons. The summed E-state index contributed by atoms with van der Waals surface area (Å²) < 4.78 is 11.0. The van der Waals surface area contributed by atoms with Gasteiger partial charge in [0.2, 0.25) is 5.91 Å². The quantitative estimate of drug-likeness (QED) is 0.276. The van der Waals surface area contributed by atoms with E-state index in [1.807, 2.05) is 34.6 Å². The van der Waals surface area contributed by atoms with Gasteiger partial charge in [0, 0.05) is 30.1 Å². The normalized spacial score (nSPS) is 15.6. The molecule has 0 aliphatic carbocycles. The minimum Gasteiger partial charge on any atom is -0.465 e. The van der Waals surface area contributed by atoms with Gasteiger partial charge in [-0.05, 0) is 34.6 Å². The maximum atomic E-state index is 12.2. The first-order chi connectivity index (χ1) is 13.3. The summed E-state index contributed by atoms with van der Waals surface area (Å²) in [6.45, 7) is 11.2. The summed E-state index contributed by atoms with van der Waals surface area (Å²) in [7, 11) is 3.25. The van der Waals surface area contributed by atoms with Gasteiger partial charge in [0.15, 0.2) is 0 Å². The smallest absolute Gasteiger partial charge is 0.302 e. The molecule has 0 aromatic heterocycles. The van der Waals surface area contributed by atoms with E-state index in [1.54, 1.807) is 21.6 Å². The molecule has 1 N–H and O–H groups in total. The van der Waals surface area contributed by atoms with E-state index in [4.69, 9.17) is 9.47 Å². The Morgan fingerprint density at radius 2 is 1.76 bits per heavy atom. The van der Waals surface area contributed by atoms with Gasteiger partial charge in [0.05, 0.1) is 17.7 Å². The van der Waals surface area contributed by atoms with Gasteiger partial charge in [-0.15, -0.1) is 0 Å². The van der Waals surface area contributed by atoms with Crippen LogP contribution in [-0.4, -0.2) is 70.5 Å². The molecule has 1 heterocycles. The topological polar surface area (TPSA) is 102 Å². The molecule has 0 saturated heterocycles. The first-order valence-electron chi connectivity index (χ1n) is 9.21. The maximum Gasteiger partial charge on any atom is 0.302 e. The van der Waals surface area contributed by atoms with E-state index in [0.29, 0.717) is 12.4 Å². The van der Waals surface area contributed by atoms with Crippen LogP contribution in [0.1, 0.15) is 41.5 Å². The Bertz CT molecular complexity index is 645. The van der Waals surface area contributed by atoms with Crippen molar-refractivity contribution in [1.29, 1.82) is 0 Å². The van der Waals surface area contributed by atoms with E-state index in [1.165, 1.54) is 6.92 Å². The van der Waals surface area contributed by atoms with Crippen LogP contribution in [0.15, 0.2) is 12.2 Å². The number of hydrogen-bond acceptors (Lipinski definition) is 8. The summed E-state index contributed by atoms with van der Waals surface area (Å²) in [5.74, 6) is -0.985. The van der Waals surface area contributed by atoms with Crippen LogP contribution >= 0.6 is 21.6 Å². The molecule has 1 rings (SSSR count). The van der Waals surface area contributed by atoms with Gasteiger partial charge in [-0.25, -0.2) is 0 Å². The summed E-state index contributed by atoms with van der Waals surface area (Å²) in [5.41, 5.74) is -1.11. The molecule has 1 aliphatic heterocycles. The van der Waals surface area contributed by atoms with Gasteiger partial charge in [-0.1, -0.05) is 21.6 Å². The number of amides is 3. The Hall–Kier alpha value is -1.52. The van der Waals surface area contributed by atoms with Crippen molar-refractivity contribution >= 4 is 45.3 Å². The summed E-state index contributed by atoms with van der Waals surface area (Å²) >= 11 is 0. The van der Waals surface area contributed by atoms with Crippen molar-refractivity contribution in [2.45, 2.75) is 57.9 Å². The number of nitrogens with zero attached hydrogens (tertiary/aromatic N) is 1. The monoisotopic (exact) mass is 446 g/mol. The standard InChI is InChI=1S/C19H30N2O6S2/c1-13(10-26-14(2)22)29-28-12-19(5,6)27-11-18(3,4)20-15(23)9-21-16(24)7-8-17(21)25/h7-8,13H,9-12H2,1-6H3,(H,20,23). The minimum absolute atomic E-state index is 0.168. The second-order valence-corrected chi connectivity index (χ2v) is 10.9. The van der Waals surface area contributed by atoms with Gasteiger partial charge >= 0.3 is 5.97 Å². The third kappa shape index (κ3) is 10.2. The number of carbonyl (C=O) groups excluding carboxylic acids is 4. The van der Waals surface area contributed by atoms with Crippen LogP contribution in [0.2, 0.25) is 0 Å². The Morgan fingerprint density at radius 1 is 1.17 bits per heavy atom. The second-order valence-electron chi connectivity index (χ2n) is 8.05. The predicted molar refractivity (Wildman–Crippen MR) is 114 cm³/mol. The molecule has 0 bridgehead atoms. The fraction of sp³-hybridized carbons (Fsp3) is 0.684. The summed E-state index contributed by atoms with van der Waals surface area (Å²) in [6, 6.07) is 0. The predicted octanol–water partition coefficient (Wildman–Crippen LogP) is 1.93. The molecule has 0 aromatic carbocycles. The molecule has 1 atom stereocenters. The van der Waals surface area contributed by atoms with E-state index >= 15 is 0 Å². The maximum absolute atomic E-state index is 12.2. The van der Waals surface area contributed by atoms with Crippen molar-refractivity contribution in [3.63, 3.8) is 0 Å². The van der Waals surface area contributed by atoms with Crippen LogP contribution < -0.4 is 5.32 Å². The van der Waals surface area contributed by atoms with Crippen molar-refractivity contribution in [1.82, 2.24) is 10.2 Å². The number of ether oxygens (including phenoxy) is 2. The lowest BCUT2D eigenvalue weighted by Gasteiger charge is -2.32. The van der Waals surface area contributed by atoms with Gasteiger partial charge < -0.3 is 14.8 Å². The zero-order chi connectivity index (χ0) is 22.2. The number of esters is 1. The lowest BCUT2D eigenvalue weighted by atomic mass is 10.1. The zero-order valence-electron chi connectivity index (χ0n) is 17.8. The number of carbonyl (C=O) groups is 4.